The average Bonchev–Trinajstić information content (AvgIpc) is 2.95. The molecular formula is C15H23N5O5. The van der Waals surface area contributed by atoms with Gasteiger partial charge in [0, 0.05) is 26.2 Å². The molecule has 138 valence electrons. The maximum absolute atomic E-state index is 12.6. The Morgan fingerprint density at radius 2 is 1.92 bits per heavy atom. The summed E-state index contributed by atoms with van der Waals surface area (Å²) in [5.41, 5.74) is 0.637. The van der Waals surface area contributed by atoms with Crippen LogP contribution in [0.5, 0.6) is 0 Å². The van der Waals surface area contributed by atoms with Gasteiger partial charge < -0.3 is 24.7 Å². The summed E-state index contributed by atoms with van der Waals surface area (Å²) < 4.78 is 6.44. The minimum atomic E-state index is -0.551. The zero-order valence-electron chi connectivity index (χ0n) is 14.7. The fourth-order valence-electron chi connectivity index (χ4n) is 2.74. The van der Waals surface area contributed by atoms with Crippen molar-refractivity contribution < 1.29 is 19.2 Å². The number of carbonyl (C=O) groups excluding carboxylic acids is 2. The monoisotopic (exact) mass is 353 g/mol. The minimum Gasteiger partial charge on any atom is -0.450 e. The van der Waals surface area contributed by atoms with Crippen LogP contribution in [0.2, 0.25) is 0 Å². The number of amides is 2. The van der Waals surface area contributed by atoms with Crippen molar-refractivity contribution in [3.8, 4) is 0 Å². The third kappa shape index (κ3) is 4.46. The Labute approximate surface area is 145 Å². The highest BCUT2D eigenvalue weighted by molar-refractivity contribution is 5.79. The van der Waals surface area contributed by atoms with Crippen molar-refractivity contribution in [1.29, 1.82) is 0 Å². The molecule has 1 aromatic heterocycles. The van der Waals surface area contributed by atoms with Crippen molar-refractivity contribution in [1.82, 2.24) is 19.6 Å². The third-order valence-corrected chi connectivity index (χ3v) is 4.14. The number of rotatable bonds is 5. The Hall–Kier alpha value is -2.65. The number of nitro groups is 1. The molecule has 2 rings (SSSR count). The first-order chi connectivity index (χ1) is 11.8. The molecule has 1 unspecified atom stereocenters. The van der Waals surface area contributed by atoms with Gasteiger partial charge >= 0.3 is 11.9 Å². The lowest BCUT2D eigenvalue weighted by molar-refractivity contribution is -0.389. The number of hydrogen-bond acceptors (Lipinski definition) is 6. The molecule has 0 aromatic carbocycles. The molecule has 2 heterocycles. The lowest BCUT2D eigenvalue weighted by Gasteiger charge is -2.35. The van der Waals surface area contributed by atoms with Crippen LogP contribution in [0.25, 0.3) is 0 Å². The number of aromatic nitrogens is 2. The van der Waals surface area contributed by atoms with Gasteiger partial charge in [-0.25, -0.2) is 4.79 Å². The van der Waals surface area contributed by atoms with E-state index in [1.807, 2.05) is 0 Å². The second-order valence-electron chi connectivity index (χ2n) is 6.00. The molecule has 1 atom stereocenters. The van der Waals surface area contributed by atoms with Crippen LogP contribution in [0.4, 0.5) is 10.6 Å². The molecule has 0 N–H and O–H groups in total. The molecule has 10 nitrogen and oxygen atoms in total. The van der Waals surface area contributed by atoms with E-state index in [0.717, 1.165) is 0 Å². The van der Waals surface area contributed by atoms with Crippen molar-refractivity contribution >= 4 is 17.8 Å². The third-order valence-electron chi connectivity index (χ3n) is 4.14. The number of carbonyl (C=O) groups is 2. The van der Waals surface area contributed by atoms with Gasteiger partial charge in [-0.2, -0.15) is 4.68 Å². The van der Waals surface area contributed by atoms with Crippen molar-refractivity contribution in [2.24, 2.45) is 5.92 Å². The van der Waals surface area contributed by atoms with Gasteiger partial charge in [-0.05, 0) is 18.8 Å². The Balaban J connectivity index is 1.91. The highest BCUT2D eigenvalue weighted by atomic mass is 16.6. The maximum atomic E-state index is 12.6. The van der Waals surface area contributed by atoms with Gasteiger partial charge in [-0.1, -0.05) is 6.92 Å². The van der Waals surface area contributed by atoms with Crippen molar-refractivity contribution in [3.05, 3.63) is 21.9 Å². The van der Waals surface area contributed by atoms with Crippen molar-refractivity contribution in [3.63, 3.8) is 0 Å². The van der Waals surface area contributed by atoms with Crippen LogP contribution in [0.1, 0.15) is 19.5 Å². The summed E-state index contributed by atoms with van der Waals surface area (Å²) in [6, 6.07) is 1.38. The van der Waals surface area contributed by atoms with E-state index in [4.69, 9.17) is 4.74 Å². The summed E-state index contributed by atoms with van der Waals surface area (Å²) >= 11 is 0. The van der Waals surface area contributed by atoms with Crippen LogP contribution >= 0.6 is 0 Å². The Bertz CT molecular complexity index is 651. The molecule has 0 aliphatic carbocycles. The predicted octanol–water partition coefficient (Wildman–Crippen LogP) is 1.04. The van der Waals surface area contributed by atoms with Gasteiger partial charge in [0.05, 0.1) is 35.9 Å². The quantitative estimate of drug-likeness (QED) is 0.577. The van der Waals surface area contributed by atoms with E-state index in [9.17, 15) is 19.7 Å². The molecule has 1 aliphatic heterocycles. The zero-order chi connectivity index (χ0) is 18.6. The lowest BCUT2D eigenvalue weighted by Crippen LogP contribution is -2.52. The molecule has 10 heteroatoms. The fraction of sp³-hybridized carbons (Fsp3) is 0.667. The highest BCUT2D eigenvalue weighted by Crippen LogP contribution is 2.15. The van der Waals surface area contributed by atoms with Gasteiger partial charge in [0.1, 0.15) is 0 Å². The van der Waals surface area contributed by atoms with E-state index in [-0.39, 0.29) is 30.3 Å². The van der Waals surface area contributed by atoms with E-state index in [2.05, 4.69) is 5.10 Å². The molecule has 0 saturated carbocycles. The zero-order valence-corrected chi connectivity index (χ0v) is 14.7. The maximum Gasteiger partial charge on any atom is 0.409 e. The topological polar surface area (TPSA) is 111 Å². The summed E-state index contributed by atoms with van der Waals surface area (Å²) in [5, 5.41) is 14.7. The minimum absolute atomic E-state index is 0.0546. The second kappa shape index (κ2) is 7.95. The van der Waals surface area contributed by atoms with E-state index in [1.54, 1.807) is 30.6 Å². The second-order valence-corrected chi connectivity index (χ2v) is 6.00. The van der Waals surface area contributed by atoms with Gasteiger partial charge in [-0.3, -0.25) is 4.79 Å². The molecule has 0 radical (unpaired) electrons. The molecule has 1 aromatic rings. The van der Waals surface area contributed by atoms with Crippen LogP contribution in [-0.2, 0) is 16.1 Å². The van der Waals surface area contributed by atoms with Crippen molar-refractivity contribution in [2.75, 3.05) is 32.8 Å². The van der Waals surface area contributed by atoms with E-state index in [0.29, 0.717) is 38.5 Å². The molecule has 25 heavy (non-hydrogen) atoms. The number of nitrogens with zero attached hydrogens (tertiary/aromatic N) is 5. The van der Waals surface area contributed by atoms with Gasteiger partial charge in [0.2, 0.25) is 5.91 Å². The van der Waals surface area contributed by atoms with Crippen LogP contribution < -0.4 is 0 Å². The highest BCUT2D eigenvalue weighted by Gasteiger charge is 2.28. The molecular weight excluding hydrogens is 330 g/mol. The summed E-state index contributed by atoms with van der Waals surface area (Å²) in [5.74, 6) is -0.645. The Morgan fingerprint density at radius 3 is 2.44 bits per heavy atom. The van der Waals surface area contributed by atoms with Crippen molar-refractivity contribution in [2.45, 2.75) is 27.3 Å². The number of piperazine rings is 1. The summed E-state index contributed by atoms with van der Waals surface area (Å²) in [6.07, 6.45) is -0.359. The Kier molecular flexibility index (Phi) is 5.94. The lowest BCUT2D eigenvalue weighted by atomic mass is 10.1. The first-order valence-corrected chi connectivity index (χ1v) is 8.22. The first-order valence-electron chi connectivity index (χ1n) is 8.22. The molecule has 1 saturated heterocycles. The van der Waals surface area contributed by atoms with E-state index >= 15 is 0 Å². The number of ether oxygens (including phenoxy) is 1. The predicted molar refractivity (Wildman–Crippen MR) is 88.0 cm³/mol. The Morgan fingerprint density at radius 1 is 1.32 bits per heavy atom. The fourth-order valence-corrected chi connectivity index (χ4v) is 2.74. The van der Waals surface area contributed by atoms with Crippen LogP contribution in [-0.4, -0.2) is 69.3 Å². The first kappa shape index (κ1) is 18.7. The molecule has 1 aliphatic rings. The van der Waals surface area contributed by atoms with Gasteiger partial charge in [-0.15, -0.1) is 0 Å². The SMILES string of the molecule is CCOC(=O)N1CCN(C(=O)C(C)Cn2nc([N+](=O)[O-])cc2C)CC1. The molecule has 0 spiro atoms. The molecule has 2 amide bonds. The molecule has 0 bridgehead atoms. The standard InChI is InChI=1S/C15H23N5O5/c1-4-25-15(22)18-7-5-17(6-8-18)14(21)11(2)10-19-12(3)9-13(16-19)20(23)24/h9,11H,4-8,10H2,1-3H3. The van der Waals surface area contributed by atoms with E-state index < -0.39 is 4.92 Å². The summed E-state index contributed by atoms with van der Waals surface area (Å²) in [4.78, 5) is 37.8. The number of hydrogen-bond donors (Lipinski definition) is 0. The summed E-state index contributed by atoms with van der Waals surface area (Å²) in [7, 11) is 0. The largest absolute Gasteiger partial charge is 0.450 e. The van der Waals surface area contributed by atoms with E-state index in [1.165, 1.54) is 10.7 Å². The summed E-state index contributed by atoms with van der Waals surface area (Å²) in [6.45, 7) is 7.60. The van der Waals surface area contributed by atoms with Crippen LogP contribution in [0.15, 0.2) is 6.07 Å². The van der Waals surface area contributed by atoms with Gasteiger partial charge in [0.15, 0.2) is 0 Å². The van der Waals surface area contributed by atoms with Crippen LogP contribution in [0.3, 0.4) is 0 Å². The normalized spacial score (nSPS) is 15.8. The molecule has 1 fully saturated rings. The smallest absolute Gasteiger partial charge is 0.409 e. The number of aryl methyl sites for hydroxylation is 1. The van der Waals surface area contributed by atoms with Crippen LogP contribution in [0, 0.1) is 23.0 Å². The van der Waals surface area contributed by atoms with Gasteiger partial charge in [0.25, 0.3) is 0 Å². The average molecular weight is 353 g/mol.